The summed E-state index contributed by atoms with van der Waals surface area (Å²) in [7, 11) is 0. The fourth-order valence-electron chi connectivity index (χ4n) is 2.37. The maximum Gasteiger partial charge on any atom is 0.418 e. The summed E-state index contributed by atoms with van der Waals surface area (Å²) in [5.41, 5.74) is 0. The summed E-state index contributed by atoms with van der Waals surface area (Å²) in [6.45, 7) is 2.02. The first kappa shape index (κ1) is 9.49. The Morgan fingerprint density at radius 2 is 2.00 bits per heavy atom. The fraction of sp³-hybridized carbons (Fsp3) is 0.800. The van der Waals surface area contributed by atoms with Gasteiger partial charge in [-0.2, -0.15) is 0 Å². The van der Waals surface area contributed by atoms with Gasteiger partial charge in [0, 0.05) is 12.1 Å². The van der Waals surface area contributed by atoms with Crippen LogP contribution in [0.5, 0.6) is 0 Å². The molecule has 78 valence electrons. The number of hydrogen-bond donors (Lipinski definition) is 0. The van der Waals surface area contributed by atoms with Crippen LogP contribution >= 0.6 is 0 Å². The van der Waals surface area contributed by atoms with E-state index in [1.807, 2.05) is 6.92 Å². The van der Waals surface area contributed by atoms with E-state index in [4.69, 9.17) is 0 Å². The predicted molar refractivity (Wildman–Crippen MR) is 49.7 cm³/mol. The molecule has 0 unspecified atom stereocenters. The van der Waals surface area contributed by atoms with Crippen molar-refractivity contribution in [2.45, 2.75) is 51.1 Å². The van der Waals surface area contributed by atoms with Gasteiger partial charge in [-0.05, 0) is 19.8 Å². The van der Waals surface area contributed by atoms with Gasteiger partial charge in [0.05, 0.1) is 6.42 Å². The Morgan fingerprint density at radius 3 is 2.79 bits per heavy atom. The van der Waals surface area contributed by atoms with Crippen molar-refractivity contribution in [1.82, 2.24) is 4.90 Å². The van der Waals surface area contributed by atoms with Gasteiger partial charge in [0.15, 0.2) is 0 Å². The molecule has 0 N–H and O–H groups in total. The topological polar surface area (TPSA) is 46.6 Å². The van der Waals surface area contributed by atoms with Crippen LogP contribution in [0.1, 0.15) is 39.0 Å². The maximum atomic E-state index is 11.5. The largest absolute Gasteiger partial charge is 0.418 e. The van der Waals surface area contributed by atoms with Crippen LogP contribution in [-0.4, -0.2) is 29.0 Å². The number of fused-ring (bicyclic) bond motifs is 1. The van der Waals surface area contributed by atoms with Gasteiger partial charge in [0.1, 0.15) is 0 Å². The Labute approximate surface area is 83.2 Å². The third-order valence-corrected chi connectivity index (χ3v) is 3.09. The van der Waals surface area contributed by atoms with Crippen molar-refractivity contribution < 1.29 is 14.3 Å². The highest BCUT2D eigenvalue weighted by molar-refractivity contribution is 5.88. The molecular weight excluding hydrogens is 182 g/mol. The van der Waals surface area contributed by atoms with Crippen LogP contribution < -0.4 is 0 Å². The molecular formula is C10H15NO3. The Kier molecular flexibility index (Phi) is 2.44. The van der Waals surface area contributed by atoms with E-state index in [0.29, 0.717) is 6.42 Å². The highest BCUT2D eigenvalue weighted by Gasteiger charge is 2.38. The van der Waals surface area contributed by atoms with Crippen molar-refractivity contribution in [2.75, 3.05) is 0 Å². The van der Waals surface area contributed by atoms with Crippen LogP contribution in [0.15, 0.2) is 0 Å². The monoisotopic (exact) mass is 197 g/mol. The third kappa shape index (κ3) is 1.61. The number of carbonyl (C=O) groups is 2. The normalized spacial score (nSPS) is 33.4. The molecule has 1 amide bonds. The molecule has 14 heavy (non-hydrogen) atoms. The lowest BCUT2D eigenvalue weighted by Crippen LogP contribution is -2.50. The van der Waals surface area contributed by atoms with Crippen LogP contribution in [0, 0.1) is 0 Å². The Hall–Kier alpha value is -1.06. The first-order valence-electron chi connectivity index (χ1n) is 5.21. The minimum Gasteiger partial charge on any atom is -0.376 e. The minimum absolute atomic E-state index is 0.0845. The quantitative estimate of drug-likeness (QED) is 0.438. The molecule has 0 aromatic heterocycles. The molecule has 4 nitrogen and oxygen atoms in total. The predicted octanol–water partition coefficient (Wildman–Crippen LogP) is 1.69. The Balaban J connectivity index is 2.18. The summed E-state index contributed by atoms with van der Waals surface area (Å²) >= 11 is 0. The Bertz CT molecular complexity index is 264. The Morgan fingerprint density at radius 1 is 1.29 bits per heavy atom. The first-order chi connectivity index (χ1) is 6.68. The third-order valence-electron chi connectivity index (χ3n) is 3.09. The van der Waals surface area contributed by atoms with Gasteiger partial charge in [0.2, 0.25) is 0 Å². The molecule has 2 atom stereocenters. The SMILES string of the molecule is C[C@H]1CCCC[C@@H]2CC(=O)OC(=O)N21. The highest BCUT2D eigenvalue weighted by Crippen LogP contribution is 2.27. The second-order valence-corrected chi connectivity index (χ2v) is 4.14. The molecule has 2 fully saturated rings. The minimum atomic E-state index is -0.444. The van der Waals surface area contributed by atoms with Crippen molar-refractivity contribution in [3.63, 3.8) is 0 Å². The van der Waals surface area contributed by atoms with Crippen LogP contribution in [0.2, 0.25) is 0 Å². The number of cyclic esters (lactones) is 2. The number of nitrogens with zero attached hydrogens (tertiary/aromatic N) is 1. The summed E-state index contributed by atoms with van der Waals surface area (Å²) < 4.78 is 4.63. The molecule has 4 heteroatoms. The lowest BCUT2D eigenvalue weighted by atomic mass is 10.1. The molecule has 0 aromatic carbocycles. The summed E-state index contributed by atoms with van der Waals surface area (Å²) in [5, 5.41) is 0. The van der Waals surface area contributed by atoms with E-state index >= 15 is 0 Å². The average molecular weight is 197 g/mol. The summed E-state index contributed by atoms with van der Waals surface area (Å²) in [5.74, 6) is -0.370. The number of ether oxygens (including phenoxy) is 1. The van der Waals surface area contributed by atoms with E-state index < -0.39 is 6.09 Å². The molecule has 2 saturated heterocycles. The van der Waals surface area contributed by atoms with Crippen LogP contribution in [0.4, 0.5) is 4.79 Å². The van der Waals surface area contributed by atoms with Crippen LogP contribution in [0.25, 0.3) is 0 Å². The number of hydrogen-bond acceptors (Lipinski definition) is 3. The molecule has 0 aliphatic carbocycles. The average Bonchev–Trinajstić information content (AvgIpc) is 2.27. The van der Waals surface area contributed by atoms with Crippen molar-refractivity contribution >= 4 is 12.1 Å². The molecule has 0 spiro atoms. The molecule has 2 aliphatic heterocycles. The molecule has 0 aromatic rings. The van der Waals surface area contributed by atoms with Gasteiger partial charge in [-0.3, -0.25) is 4.79 Å². The van der Waals surface area contributed by atoms with Crippen LogP contribution in [-0.2, 0) is 9.53 Å². The maximum absolute atomic E-state index is 11.5. The number of amides is 1. The number of rotatable bonds is 0. The van der Waals surface area contributed by atoms with E-state index in [1.54, 1.807) is 4.90 Å². The first-order valence-corrected chi connectivity index (χ1v) is 5.21. The van der Waals surface area contributed by atoms with E-state index in [9.17, 15) is 9.59 Å². The zero-order chi connectivity index (χ0) is 10.1. The number of carbonyl (C=O) groups excluding carboxylic acids is 2. The molecule has 2 rings (SSSR count). The zero-order valence-electron chi connectivity index (χ0n) is 8.36. The van der Waals surface area contributed by atoms with E-state index in [-0.39, 0.29) is 18.1 Å². The van der Waals surface area contributed by atoms with Gasteiger partial charge < -0.3 is 9.64 Å². The second kappa shape index (κ2) is 3.59. The van der Waals surface area contributed by atoms with Crippen LogP contribution in [0.3, 0.4) is 0 Å². The van der Waals surface area contributed by atoms with Gasteiger partial charge in [-0.1, -0.05) is 12.8 Å². The van der Waals surface area contributed by atoms with E-state index in [2.05, 4.69) is 4.74 Å². The van der Waals surface area contributed by atoms with Gasteiger partial charge in [-0.15, -0.1) is 0 Å². The highest BCUT2D eigenvalue weighted by atomic mass is 16.6. The van der Waals surface area contributed by atoms with Crippen molar-refractivity contribution in [3.8, 4) is 0 Å². The lowest BCUT2D eigenvalue weighted by Gasteiger charge is -2.36. The van der Waals surface area contributed by atoms with E-state index in [0.717, 1.165) is 25.7 Å². The summed E-state index contributed by atoms with van der Waals surface area (Å²) in [6, 6.07) is 0.296. The molecule has 2 heterocycles. The van der Waals surface area contributed by atoms with Gasteiger partial charge in [-0.25, -0.2) is 4.79 Å². The smallest absolute Gasteiger partial charge is 0.376 e. The molecule has 2 aliphatic rings. The lowest BCUT2D eigenvalue weighted by molar-refractivity contribution is -0.144. The summed E-state index contributed by atoms with van der Waals surface area (Å²) in [4.78, 5) is 24.3. The standard InChI is InChI=1S/C10H15NO3/c1-7-4-2-3-5-8-6-9(12)14-10(13)11(7)8/h7-8H,2-6H2,1H3/t7-,8+/m0/s1. The molecule has 0 bridgehead atoms. The van der Waals surface area contributed by atoms with Gasteiger partial charge in [0.25, 0.3) is 0 Å². The van der Waals surface area contributed by atoms with Crippen molar-refractivity contribution in [2.24, 2.45) is 0 Å². The zero-order valence-corrected chi connectivity index (χ0v) is 8.36. The number of esters is 1. The van der Waals surface area contributed by atoms with Crippen molar-refractivity contribution in [3.05, 3.63) is 0 Å². The summed E-state index contributed by atoms with van der Waals surface area (Å²) in [6.07, 6.45) is 4.11. The van der Waals surface area contributed by atoms with E-state index in [1.165, 1.54) is 0 Å². The fourth-order valence-corrected chi connectivity index (χ4v) is 2.37. The molecule has 0 saturated carbocycles. The second-order valence-electron chi connectivity index (χ2n) is 4.14. The molecule has 0 radical (unpaired) electrons. The van der Waals surface area contributed by atoms with Crippen molar-refractivity contribution in [1.29, 1.82) is 0 Å². The van der Waals surface area contributed by atoms with Gasteiger partial charge >= 0.3 is 12.1 Å².